The van der Waals surface area contributed by atoms with E-state index in [4.69, 9.17) is 5.73 Å². The minimum atomic E-state index is -3.66. The standard InChI is InChI=1S/C13H15FN2O2S/c14-11-6-7-13(10(9-11)3-2-8-15)19(17,18)16-12-4-1-5-12/h6-7,9,12,16H,1,4-5,8,15H2. The van der Waals surface area contributed by atoms with Crippen LogP contribution >= 0.6 is 0 Å². The van der Waals surface area contributed by atoms with Gasteiger partial charge in [-0.1, -0.05) is 18.3 Å². The first-order valence-electron chi connectivity index (χ1n) is 6.04. The van der Waals surface area contributed by atoms with E-state index in [9.17, 15) is 12.8 Å². The number of hydrogen-bond acceptors (Lipinski definition) is 3. The molecule has 0 unspecified atom stereocenters. The minimum Gasteiger partial charge on any atom is -0.320 e. The molecule has 0 atom stereocenters. The van der Waals surface area contributed by atoms with Crippen molar-refractivity contribution < 1.29 is 12.8 Å². The molecule has 1 aromatic carbocycles. The van der Waals surface area contributed by atoms with Crippen LogP contribution in [0.2, 0.25) is 0 Å². The Balaban J connectivity index is 2.36. The fraction of sp³-hybridized carbons (Fsp3) is 0.385. The third-order valence-electron chi connectivity index (χ3n) is 2.98. The molecule has 19 heavy (non-hydrogen) atoms. The number of rotatable bonds is 3. The number of sulfonamides is 1. The van der Waals surface area contributed by atoms with E-state index in [0.29, 0.717) is 0 Å². The van der Waals surface area contributed by atoms with Crippen molar-refractivity contribution in [3.05, 3.63) is 29.6 Å². The molecule has 0 radical (unpaired) electrons. The molecule has 0 spiro atoms. The summed E-state index contributed by atoms with van der Waals surface area (Å²) in [7, 11) is -3.66. The zero-order chi connectivity index (χ0) is 13.9. The van der Waals surface area contributed by atoms with E-state index in [-0.39, 0.29) is 23.0 Å². The van der Waals surface area contributed by atoms with E-state index >= 15 is 0 Å². The number of nitrogens with one attached hydrogen (secondary N) is 1. The van der Waals surface area contributed by atoms with Gasteiger partial charge in [0.2, 0.25) is 10.0 Å². The van der Waals surface area contributed by atoms with E-state index in [2.05, 4.69) is 16.6 Å². The predicted molar refractivity (Wildman–Crippen MR) is 70.3 cm³/mol. The van der Waals surface area contributed by atoms with Crippen LogP contribution < -0.4 is 10.5 Å². The lowest BCUT2D eigenvalue weighted by atomic mass is 9.94. The molecule has 1 aromatic rings. The van der Waals surface area contributed by atoms with Crippen LogP contribution in [0.1, 0.15) is 24.8 Å². The van der Waals surface area contributed by atoms with Gasteiger partial charge in [-0.25, -0.2) is 17.5 Å². The molecule has 0 bridgehead atoms. The molecule has 0 aliphatic heterocycles. The summed E-state index contributed by atoms with van der Waals surface area (Å²) < 4.78 is 40.2. The molecule has 1 aliphatic rings. The molecule has 102 valence electrons. The van der Waals surface area contributed by atoms with Gasteiger partial charge in [-0.15, -0.1) is 0 Å². The molecular weight excluding hydrogens is 267 g/mol. The van der Waals surface area contributed by atoms with Gasteiger partial charge in [0.15, 0.2) is 0 Å². The van der Waals surface area contributed by atoms with E-state index in [1.54, 1.807) is 0 Å². The second-order valence-corrected chi connectivity index (χ2v) is 6.08. The first-order valence-corrected chi connectivity index (χ1v) is 7.52. The Kier molecular flexibility index (Phi) is 4.20. The summed E-state index contributed by atoms with van der Waals surface area (Å²) in [5, 5.41) is 0. The normalized spacial score (nSPS) is 15.5. The third kappa shape index (κ3) is 3.32. The number of nitrogens with two attached hydrogens (primary N) is 1. The molecule has 1 aliphatic carbocycles. The number of hydrogen-bond donors (Lipinski definition) is 2. The molecule has 1 fully saturated rings. The molecule has 1 saturated carbocycles. The van der Waals surface area contributed by atoms with Crippen LogP contribution in [0.15, 0.2) is 23.1 Å². The van der Waals surface area contributed by atoms with Crippen molar-refractivity contribution in [2.45, 2.75) is 30.2 Å². The predicted octanol–water partition coefficient (Wildman–Crippen LogP) is 0.967. The smallest absolute Gasteiger partial charge is 0.242 e. The van der Waals surface area contributed by atoms with Crippen LogP contribution in [0.4, 0.5) is 4.39 Å². The van der Waals surface area contributed by atoms with Crippen molar-refractivity contribution in [1.82, 2.24) is 4.72 Å². The van der Waals surface area contributed by atoms with Crippen LogP contribution in [0.3, 0.4) is 0 Å². The van der Waals surface area contributed by atoms with Gasteiger partial charge in [-0.05, 0) is 31.0 Å². The van der Waals surface area contributed by atoms with Crippen molar-refractivity contribution in [1.29, 1.82) is 0 Å². The van der Waals surface area contributed by atoms with Crippen LogP contribution in [-0.2, 0) is 10.0 Å². The van der Waals surface area contributed by atoms with Gasteiger partial charge in [-0.3, -0.25) is 0 Å². The second kappa shape index (κ2) is 5.70. The molecule has 0 amide bonds. The Morgan fingerprint density at radius 3 is 2.74 bits per heavy atom. The third-order valence-corrected chi connectivity index (χ3v) is 4.56. The highest BCUT2D eigenvalue weighted by atomic mass is 32.2. The Morgan fingerprint density at radius 2 is 2.16 bits per heavy atom. The number of halogens is 1. The van der Waals surface area contributed by atoms with Gasteiger partial charge in [0, 0.05) is 11.6 Å². The average Bonchev–Trinajstić information content (AvgIpc) is 2.31. The van der Waals surface area contributed by atoms with Gasteiger partial charge in [0.25, 0.3) is 0 Å². The summed E-state index contributed by atoms with van der Waals surface area (Å²) >= 11 is 0. The summed E-state index contributed by atoms with van der Waals surface area (Å²) in [6.07, 6.45) is 2.70. The molecule has 0 heterocycles. The molecule has 2 rings (SSSR count). The van der Waals surface area contributed by atoms with Crippen LogP contribution in [0.5, 0.6) is 0 Å². The molecule has 0 aromatic heterocycles. The van der Waals surface area contributed by atoms with Gasteiger partial charge < -0.3 is 5.73 Å². The lowest BCUT2D eigenvalue weighted by molar-refractivity contribution is 0.383. The summed E-state index contributed by atoms with van der Waals surface area (Å²) in [5.74, 6) is 4.62. The SMILES string of the molecule is NCC#Cc1cc(F)ccc1S(=O)(=O)NC1CCC1. The highest BCUT2D eigenvalue weighted by Crippen LogP contribution is 2.22. The monoisotopic (exact) mass is 282 g/mol. The van der Waals surface area contributed by atoms with E-state index in [1.165, 1.54) is 6.07 Å². The maximum Gasteiger partial charge on any atom is 0.242 e. The summed E-state index contributed by atoms with van der Waals surface area (Å²) in [6, 6.07) is 3.43. The Labute approximate surface area is 112 Å². The topological polar surface area (TPSA) is 72.2 Å². The summed E-state index contributed by atoms with van der Waals surface area (Å²) in [5.41, 5.74) is 5.39. The summed E-state index contributed by atoms with van der Waals surface area (Å²) in [4.78, 5) is 0.00162. The fourth-order valence-electron chi connectivity index (χ4n) is 1.79. The highest BCUT2D eigenvalue weighted by Gasteiger charge is 2.26. The van der Waals surface area contributed by atoms with E-state index < -0.39 is 15.8 Å². The maximum absolute atomic E-state index is 13.2. The minimum absolute atomic E-state index is 0.00162. The Morgan fingerprint density at radius 1 is 1.42 bits per heavy atom. The van der Waals surface area contributed by atoms with Crippen molar-refractivity contribution in [3.8, 4) is 11.8 Å². The van der Waals surface area contributed by atoms with Crippen molar-refractivity contribution in [2.75, 3.05) is 6.54 Å². The average molecular weight is 282 g/mol. The zero-order valence-electron chi connectivity index (χ0n) is 10.3. The first kappa shape index (κ1) is 14.0. The largest absolute Gasteiger partial charge is 0.320 e. The first-order chi connectivity index (χ1) is 9.03. The molecular formula is C13H15FN2O2S. The van der Waals surface area contributed by atoms with Crippen molar-refractivity contribution in [3.63, 3.8) is 0 Å². The fourth-order valence-corrected chi connectivity index (χ4v) is 3.24. The second-order valence-electron chi connectivity index (χ2n) is 4.40. The Bertz CT molecular complexity index is 628. The lowest BCUT2D eigenvalue weighted by Gasteiger charge is -2.26. The lowest BCUT2D eigenvalue weighted by Crippen LogP contribution is -2.39. The zero-order valence-corrected chi connectivity index (χ0v) is 11.1. The van der Waals surface area contributed by atoms with Crippen LogP contribution in [-0.4, -0.2) is 21.0 Å². The maximum atomic E-state index is 13.2. The van der Waals surface area contributed by atoms with Crippen molar-refractivity contribution in [2.24, 2.45) is 5.73 Å². The molecule has 6 heteroatoms. The number of benzene rings is 1. The van der Waals surface area contributed by atoms with E-state index in [1.807, 2.05) is 0 Å². The van der Waals surface area contributed by atoms with E-state index in [0.717, 1.165) is 31.4 Å². The Hall–Kier alpha value is -1.42. The summed E-state index contributed by atoms with van der Waals surface area (Å²) in [6.45, 7) is 0.0893. The molecule has 4 nitrogen and oxygen atoms in total. The van der Waals surface area contributed by atoms with Crippen molar-refractivity contribution >= 4 is 10.0 Å². The van der Waals surface area contributed by atoms with Crippen LogP contribution in [0, 0.1) is 17.7 Å². The van der Waals surface area contributed by atoms with Gasteiger partial charge in [-0.2, -0.15) is 0 Å². The van der Waals surface area contributed by atoms with Gasteiger partial charge in [0.05, 0.1) is 11.4 Å². The molecule has 0 saturated heterocycles. The van der Waals surface area contributed by atoms with Gasteiger partial charge in [0.1, 0.15) is 5.82 Å². The van der Waals surface area contributed by atoms with Gasteiger partial charge >= 0.3 is 0 Å². The highest BCUT2D eigenvalue weighted by molar-refractivity contribution is 7.89. The quantitative estimate of drug-likeness (QED) is 0.811. The van der Waals surface area contributed by atoms with Crippen LogP contribution in [0.25, 0.3) is 0 Å². The molecule has 3 N–H and O–H groups in total.